The molecule has 0 N–H and O–H groups in total. The summed E-state index contributed by atoms with van der Waals surface area (Å²) in [5.41, 5.74) is 0. The maximum absolute atomic E-state index is 4.50. The van der Waals surface area contributed by atoms with Crippen LogP contribution < -0.4 is 4.90 Å². The molecule has 1 aromatic rings. The highest BCUT2D eigenvalue weighted by atomic mass is 79.9. The molecule has 0 unspecified atom stereocenters. The summed E-state index contributed by atoms with van der Waals surface area (Å²) in [4.78, 5) is 12.1. The van der Waals surface area contributed by atoms with Crippen molar-refractivity contribution in [3.8, 4) is 0 Å². The van der Waals surface area contributed by atoms with Crippen molar-refractivity contribution in [2.24, 2.45) is 0 Å². The van der Waals surface area contributed by atoms with E-state index in [1.165, 1.54) is 39.1 Å². The number of hydrogen-bond donors (Lipinski definition) is 0. The number of anilines is 1. The molecular weight excluding hydrogens is 316 g/mol. The molecule has 2 saturated heterocycles. The van der Waals surface area contributed by atoms with Gasteiger partial charge in [-0.2, -0.15) is 0 Å². The van der Waals surface area contributed by atoms with Gasteiger partial charge < -0.3 is 9.80 Å². The van der Waals surface area contributed by atoms with Gasteiger partial charge in [0.05, 0.1) is 0 Å². The van der Waals surface area contributed by atoms with E-state index in [2.05, 4.69) is 48.6 Å². The lowest BCUT2D eigenvalue weighted by Crippen LogP contribution is -2.50. The van der Waals surface area contributed by atoms with Crippen molar-refractivity contribution >= 4 is 21.7 Å². The highest BCUT2D eigenvalue weighted by molar-refractivity contribution is 9.10. The van der Waals surface area contributed by atoms with Gasteiger partial charge in [-0.25, -0.2) is 4.98 Å². The summed E-state index contributed by atoms with van der Waals surface area (Å²) in [5.74, 6) is 1.11. The average Bonchev–Trinajstić information content (AvgIpc) is 2.97. The highest BCUT2D eigenvalue weighted by Crippen LogP contribution is 2.24. The molecule has 1 aromatic heterocycles. The first-order valence-corrected chi connectivity index (χ1v) is 8.38. The van der Waals surface area contributed by atoms with Gasteiger partial charge in [0.2, 0.25) is 0 Å². The van der Waals surface area contributed by atoms with Crippen molar-refractivity contribution < 1.29 is 0 Å². The summed E-state index contributed by atoms with van der Waals surface area (Å²) in [6, 6.07) is 4.81. The quantitative estimate of drug-likeness (QED) is 0.841. The molecule has 0 radical (unpaired) electrons. The van der Waals surface area contributed by atoms with E-state index in [0.29, 0.717) is 6.04 Å². The van der Waals surface area contributed by atoms with E-state index < -0.39 is 0 Å². The third kappa shape index (κ3) is 3.15. The first-order valence-electron chi connectivity index (χ1n) is 7.59. The van der Waals surface area contributed by atoms with Gasteiger partial charge in [-0.3, -0.25) is 4.90 Å². The highest BCUT2D eigenvalue weighted by Gasteiger charge is 2.30. The van der Waals surface area contributed by atoms with Crippen molar-refractivity contribution in [3.63, 3.8) is 0 Å². The molecule has 4 nitrogen and oxygen atoms in total. The first kappa shape index (κ1) is 14.3. The van der Waals surface area contributed by atoms with E-state index in [1.807, 2.05) is 12.3 Å². The van der Waals surface area contributed by atoms with Gasteiger partial charge in [0.15, 0.2) is 0 Å². The predicted octanol–water partition coefficient (Wildman–Crippen LogP) is 2.06. The van der Waals surface area contributed by atoms with Crippen LogP contribution in [0, 0.1) is 0 Å². The van der Waals surface area contributed by atoms with E-state index in [1.54, 1.807) is 0 Å². The molecule has 2 aliphatic heterocycles. The summed E-state index contributed by atoms with van der Waals surface area (Å²) in [7, 11) is 0. The number of piperazine rings is 1. The zero-order chi connectivity index (χ0) is 13.9. The summed E-state index contributed by atoms with van der Waals surface area (Å²) < 4.78 is 1.11. The molecule has 0 aromatic carbocycles. The Bertz CT molecular complexity index is 445. The van der Waals surface area contributed by atoms with Gasteiger partial charge >= 0.3 is 0 Å². The van der Waals surface area contributed by atoms with Gasteiger partial charge in [0.25, 0.3) is 0 Å². The molecule has 0 aliphatic carbocycles. The maximum Gasteiger partial charge on any atom is 0.129 e. The van der Waals surface area contributed by atoms with Crippen LogP contribution in [-0.2, 0) is 0 Å². The second-order valence-electron chi connectivity index (χ2n) is 5.69. The Kier molecular flexibility index (Phi) is 4.58. The van der Waals surface area contributed by atoms with Crippen LogP contribution in [0.4, 0.5) is 5.82 Å². The van der Waals surface area contributed by atoms with Gasteiger partial charge in [-0.1, -0.05) is 22.9 Å². The second-order valence-corrected chi connectivity index (χ2v) is 6.61. The molecule has 3 heterocycles. The van der Waals surface area contributed by atoms with Gasteiger partial charge in [0.1, 0.15) is 5.82 Å². The molecule has 2 fully saturated rings. The zero-order valence-electron chi connectivity index (χ0n) is 12.1. The summed E-state index contributed by atoms with van der Waals surface area (Å²) in [6.45, 7) is 10.6. The van der Waals surface area contributed by atoms with Crippen LogP contribution in [0.25, 0.3) is 0 Å². The molecule has 3 rings (SSSR count). The Hall–Kier alpha value is -0.650. The van der Waals surface area contributed by atoms with Crippen molar-refractivity contribution in [1.82, 2.24) is 14.8 Å². The largest absolute Gasteiger partial charge is 0.355 e. The number of hydrogen-bond acceptors (Lipinski definition) is 4. The van der Waals surface area contributed by atoms with E-state index in [-0.39, 0.29) is 0 Å². The molecule has 0 spiro atoms. The van der Waals surface area contributed by atoms with Gasteiger partial charge in [0, 0.05) is 56.0 Å². The first-order chi connectivity index (χ1) is 9.76. The number of rotatable bonds is 3. The zero-order valence-corrected chi connectivity index (χ0v) is 13.7. The minimum absolute atomic E-state index is 0.704. The number of nitrogens with zero attached hydrogens (tertiary/aromatic N) is 4. The third-order valence-electron chi connectivity index (χ3n) is 4.57. The summed E-state index contributed by atoms with van der Waals surface area (Å²) in [6.07, 6.45) is 3.15. The molecule has 2 aliphatic rings. The standard InChI is InChI=1S/C15H23BrN4/c1-2-18-7-9-19(10-8-18)14-4-6-20(12-14)15-11-13(16)3-5-17-15/h3,5,11,14H,2,4,6-10,12H2,1H3/t14-/m0/s1. The van der Waals surface area contributed by atoms with E-state index in [0.717, 1.165) is 23.4 Å². The lowest BCUT2D eigenvalue weighted by molar-refractivity contribution is 0.107. The average molecular weight is 339 g/mol. The Morgan fingerprint density at radius 3 is 2.75 bits per heavy atom. The molecule has 0 saturated carbocycles. The maximum atomic E-state index is 4.50. The normalized spacial score (nSPS) is 25.3. The Morgan fingerprint density at radius 1 is 1.25 bits per heavy atom. The Balaban J connectivity index is 1.57. The van der Waals surface area contributed by atoms with Crippen LogP contribution in [-0.4, -0.2) is 66.6 Å². The van der Waals surface area contributed by atoms with Gasteiger partial charge in [-0.05, 0) is 25.1 Å². The fourth-order valence-electron chi connectivity index (χ4n) is 3.26. The molecule has 0 bridgehead atoms. The monoisotopic (exact) mass is 338 g/mol. The van der Waals surface area contributed by atoms with E-state index >= 15 is 0 Å². The van der Waals surface area contributed by atoms with Gasteiger partial charge in [-0.15, -0.1) is 0 Å². The van der Waals surface area contributed by atoms with Crippen molar-refractivity contribution in [2.75, 3.05) is 50.7 Å². The fourth-order valence-corrected chi connectivity index (χ4v) is 3.58. The van der Waals surface area contributed by atoms with Crippen molar-refractivity contribution in [1.29, 1.82) is 0 Å². The number of aromatic nitrogens is 1. The summed E-state index contributed by atoms with van der Waals surface area (Å²) >= 11 is 3.53. The van der Waals surface area contributed by atoms with E-state index in [9.17, 15) is 0 Å². The van der Waals surface area contributed by atoms with Crippen LogP contribution in [0.15, 0.2) is 22.8 Å². The van der Waals surface area contributed by atoms with Crippen LogP contribution in [0.1, 0.15) is 13.3 Å². The second kappa shape index (κ2) is 6.41. The predicted molar refractivity (Wildman–Crippen MR) is 86.2 cm³/mol. The number of halogens is 1. The van der Waals surface area contributed by atoms with Crippen molar-refractivity contribution in [2.45, 2.75) is 19.4 Å². The molecular formula is C15H23BrN4. The minimum atomic E-state index is 0.704. The topological polar surface area (TPSA) is 22.6 Å². The number of pyridine rings is 1. The molecule has 20 heavy (non-hydrogen) atoms. The lowest BCUT2D eigenvalue weighted by Gasteiger charge is -2.37. The van der Waals surface area contributed by atoms with Crippen LogP contribution >= 0.6 is 15.9 Å². The smallest absolute Gasteiger partial charge is 0.129 e. The van der Waals surface area contributed by atoms with Crippen LogP contribution in [0.2, 0.25) is 0 Å². The van der Waals surface area contributed by atoms with E-state index in [4.69, 9.17) is 0 Å². The Morgan fingerprint density at radius 2 is 2.05 bits per heavy atom. The SMILES string of the molecule is CCN1CCN([C@H]2CCN(c3cc(Br)ccn3)C2)CC1. The fraction of sp³-hybridized carbons (Fsp3) is 0.667. The van der Waals surface area contributed by atoms with Crippen molar-refractivity contribution in [3.05, 3.63) is 22.8 Å². The Labute approximate surface area is 129 Å². The summed E-state index contributed by atoms with van der Waals surface area (Å²) in [5, 5.41) is 0. The molecule has 1 atom stereocenters. The van der Waals surface area contributed by atoms with Crippen LogP contribution in [0.3, 0.4) is 0 Å². The minimum Gasteiger partial charge on any atom is -0.355 e. The molecule has 110 valence electrons. The van der Waals surface area contributed by atoms with Crippen LogP contribution in [0.5, 0.6) is 0 Å². The molecule has 0 amide bonds. The lowest BCUT2D eigenvalue weighted by atomic mass is 10.2. The molecule has 5 heteroatoms. The third-order valence-corrected chi connectivity index (χ3v) is 5.06. The number of likely N-dealkylation sites (N-methyl/N-ethyl adjacent to an activating group) is 1.